The molecule has 0 aromatic carbocycles. The van der Waals surface area contributed by atoms with Gasteiger partial charge in [0.15, 0.2) is 0 Å². The molecule has 0 radical (unpaired) electrons. The van der Waals surface area contributed by atoms with Gasteiger partial charge in [0, 0.05) is 37.9 Å². The molecular weight excluding hydrogens is 230 g/mol. The Balaban J connectivity index is 1.61. The highest BCUT2D eigenvalue weighted by Crippen LogP contribution is 2.16. The smallest absolute Gasteiger partial charge is 0.246 e. The number of amides is 1. The second-order valence-electron chi connectivity index (χ2n) is 5.04. The molecule has 5 heteroatoms. The molecule has 1 N–H and O–H groups in total. The van der Waals surface area contributed by atoms with E-state index in [-0.39, 0.29) is 5.91 Å². The molecule has 0 bridgehead atoms. The summed E-state index contributed by atoms with van der Waals surface area (Å²) in [6.07, 6.45) is 3.60. The van der Waals surface area contributed by atoms with Crippen LogP contribution in [0.25, 0.3) is 0 Å². The van der Waals surface area contributed by atoms with Crippen molar-refractivity contribution in [1.29, 1.82) is 0 Å². The van der Waals surface area contributed by atoms with E-state index in [0.717, 1.165) is 32.6 Å². The number of nitrogens with one attached hydrogen (secondary N) is 1. The summed E-state index contributed by atoms with van der Waals surface area (Å²) in [6.45, 7) is 4.11. The third kappa shape index (κ3) is 2.42. The fraction of sp³-hybridized carbons (Fsp3) is 0.615. The predicted molar refractivity (Wildman–Crippen MR) is 66.5 cm³/mol. The third-order valence-electron chi connectivity index (χ3n) is 3.61. The van der Waals surface area contributed by atoms with Gasteiger partial charge >= 0.3 is 0 Å². The Morgan fingerprint density at radius 1 is 1.56 bits per heavy atom. The second kappa shape index (κ2) is 5.12. The van der Waals surface area contributed by atoms with Crippen LogP contribution in [0, 0.1) is 5.92 Å². The highest BCUT2D eigenvalue weighted by atomic mass is 16.7. The minimum absolute atomic E-state index is 0.120. The van der Waals surface area contributed by atoms with Crippen LogP contribution in [-0.4, -0.2) is 35.2 Å². The highest BCUT2D eigenvalue weighted by Gasteiger charge is 2.24. The Hall–Kier alpha value is -1.33. The van der Waals surface area contributed by atoms with Crippen LogP contribution in [0.3, 0.4) is 0 Å². The summed E-state index contributed by atoms with van der Waals surface area (Å²) in [5, 5.41) is 4.93. The maximum absolute atomic E-state index is 12.0. The van der Waals surface area contributed by atoms with E-state index in [9.17, 15) is 4.79 Å². The zero-order valence-corrected chi connectivity index (χ0v) is 10.5. The van der Waals surface area contributed by atoms with Gasteiger partial charge in [-0.1, -0.05) is 0 Å². The van der Waals surface area contributed by atoms with Gasteiger partial charge in [-0.2, -0.15) is 0 Å². The number of rotatable bonds is 2. The van der Waals surface area contributed by atoms with Crippen molar-refractivity contribution in [3.63, 3.8) is 0 Å². The molecule has 3 rings (SSSR count). The molecule has 1 atom stereocenters. The minimum Gasteiger partial charge on any atom is -0.350 e. The van der Waals surface area contributed by atoms with Crippen molar-refractivity contribution in [2.75, 3.05) is 19.7 Å². The fourth-order valence-corrected chi connectivity index (χ4v) is 2.66. The first-order valence-electron chi connectivity index (χ1n) is 6.61. The predicted octanol–water partition coefficient (Wildman–Crippen LogP) is 0.761. The van der Waals surface area contributed by atoms with Gasteiger partial charge in [0.2, 0.25) is 5.91 Å². The van der Waals surface area contributed by atoms with Crippen LogP contribution in [0.15, 0.2) is 18.3 Å². The number of hydroxylamine groups is 2. The number of carbonyl (C=O) groups is 1. The maximum Gasteiger partial charge on any atom is 0.246 e. The molecule has 2 aliphatic rings. The van der Waals surface area contributed by atoms with E-state index in [1.54, 1.807) is 0 Å². The number of nitrogens with zero attached hydrogens (tertiary/aromatic N) is 2. The number of aromatic nitrogens is 1. The lowest BCUT2D eigenvalue weighted by Crippen LogP contribution is -2.31. The minimum atomic E-state index is 0.120. The Morgan fingerprint density at radius 3 is 3.33 bits per heavy atom. The van der Waals surface area contributed by atoms with Crippen LogP contribution in [-0.2, 0) is 22.7 Å². The average Bonchev–Trinajstić information content (AvgIpc) is 2.99. The lowest BCUT2D eigenvalue weighted by molar-refractivity contribution is -0.169. The summed E-state index contributed by atoms with van der Waals surface area (Å²) < 4.78 is 2.24. The monoisotopic (exact) mass is 249 g/mol. The van der Waals surface area contributed by atoms with Crippen molar-refractivity contribution in [2.24, 2.45) is 5.92 Å². The quantitative estimate of drug-likeness (QED) is 0.842. The normalized spacial score (nSPS) is 23.8. The van der Waals surface area contributed by atoms with Gasteiger partial charge in [-0.05, 0) is 24.5 Å². The Labute approximate surface area is 107 Å². The number of fused-ring (bicyclic) bond motifs is 1. The molecular formula is C13H19N3O2. The highest BCUT2D eigenvalue weighted by molar-refractivity contribution is 5.75. The summed E-state index contributed by atoms with van der Waals surface area (Å²) in [7, 11) is 0. The van der Waals surface area contributed by atoms with Crippen molar-refractivity contribution < 1.29 is 9.63 Å². The molecule has 1 aromatic rings. The number of hydrogen-bond donors (Lipinski definition) is 1. The van der Waals surface area contributed by atoms with Crippen LogP contribution in [0.4, 0.5) is 0 Å². The SMILES string of the molecule is O=C(CC1CNCc2cccn2C1)N1CCCO1. The standard InChI is InChI=1S/C13H19N3O2/c17-13(16-5-2-6-18-16)7-11-8-14-9-12-3-1-4-15(12)10-11/h1,3-4,11,14H,2,5-10H2. The van der Waals surface area contributed by atoms with Crippen LogP contribution < -0.4 is 5.32 Å². The molecule has 0 aliphatic carbocycles. The zero-order valence-electron chi connectivity index (χ0n) is 10.5. The summed E-state index contributed by atoms with van der Waals surface area (Å²) in [6, 6.07) is 4.19. The van der Waals surface area contributed by atoms with Gasteiger partial charge in [0.1, 0.15) is 0 Å². The van der Waals surface area contributed by atoms with Crippen molar-refractivity contribution in [3.8, 4) is 0 Å². The zero-order chi connectivity index (χ0) is 12.4. The van der Waals surface area contributed by atoms with E-state index in [1.165, 1.54) is 10.8 Å². The van der Waals surface area contributed by atoms with Crippen molar-refractivity contribution in [2.45, 2.75) is 25.9 Å². The maximum atomic E-state index is 12.0. The third-order valence-corrected chi connectivity index (χ3v) is 3.61. The van der Waals surface area contributed by atoms with Crippen LogP contribution >= 0.6 is 0 Å². The summed E-state index contributed by atoms with van der Waals surface area (Å²) >= 11 is 0. The van der Waals surface area contributed by atoms with E-state index in [4.69, 9.17) is 4.84 Å². The summed E-state index contributed by atoms with van der Waals surface area (Å²) in [5.74, 6) is 0.463. The lowest BCUT2D eigenvalue weighted by atomic mass is 10.1. The van der Waals surface area contributed by atoms with Crippen molar-refractivity contribution in [1.82, 2.24) is 14.9 Å². The van der Waals surface area contributed by atoms with E-state index in [0.29, 0.717) is 18.9 Å². The van der Waals surface area contributed by atoms with Gasteiger partial charge in [-0.15, -0.1) is 0 Å². The van der Waals surface area contributed by atoms with E-state index >= 15 is 0 Å². The Bertz CT molecular complexity index is 424. The average molecular weight is 249 g/mol. The number of hydrogen-bond acceptors (Lipinski definition) is 3. The van der Waals surface area contributed by atoms with Gasteiger partial charge in [0.25, 0.3) is 0 Å². The molecule has 5 nitrogen and oxygen atoms in total. The van der Waals surface area contributed by atoms with Crippen LogP contribution in [0.1, 0.15) is 18.5 Å². The van der Waals surface area contributed by atoms with Crippen molar-refractivity contribution >= 4 is 5.91 Å². The van der Waals surface area contributed by atoms with E-state index in [1.807, 2.05) is 0 Å². The van der Waals surface area contributed by atoms with Crippen LogP contribution in [0.5, 0.6) is 0 Å². The van der Waals surface area contributed by atoms with Gasteiger partial charge in [0.05, 0.1) is 13.2 Å². The van der Waals surface area contributed by atoms with Crippen molar-refractivity contribution in [3.05, 3.63) is 24.0 Å². The first-order valence-corrected chi connectivity index (χ1v) is 6.61. The van der Waals surface area contributed by atoms with Crippen LogP contribution in [0.2, 0.25) is 0 Å². The van der Waals surface area contributed by atoms with Gasteiger partial charge < -0.3 is 9.88 Å². The molecule has 1 unspecified atom stereocenters. The molecule has 1 amide bonds. The Kier molecular flexibility index (Phi) is 3.34. The topological polar surface area (TPSA) is 46.5 Å². The Morgan fingerprint density at radius 2 is 2.50 bits per heavy atom. The van der Waals surface area contributed by atoms with E-state index < -0.39 is 0 Å². The molecule has 98 valence electrons. The molecule has 2 aliphatic heterocycles. The molecule has 0 saturated carbocycles. The first kappa shape index (κ1) is 11.7. The van der Waals surface area contributed by atoms with Gasteiger partial charge in [-0.3, -0.25) is 9.63 Å². The summed E-state index contributed by atoms with van der Waals surface area (Å²) in [5.41, 5.74) is 1.29. The fourth-order valence-electron chi connectivity index (χ4n) is 2.66. The molecule has 3 heterocycles. The van der Waals surface area contributed by atoms with E-state index in [2.05, 4.69) is 28.2 Å². The molecule has 0 spiro atoms. The second-order valence-corrected chi connectivity index (χ2v) is 5.04. The molecule has 18 heavy (non-hydrogen) atoms. The summed E-state index contributed by atoms with van der Waals surface area (Å²) in [4.78, 5) is 17.3. The lowest BCUT2D eigenvalue weighted by Gasteiger charge is -2.19. The number of carbonyl (C=O) groups excluding carboxylic acids is 1. The molecule has 1 saturated heterocycles. The van der Waals surface area contributed by atoms with Gasteiger partial charge in [-0.25, -0.2) is 5.06 Å². The molecule has 1 aromatic heterocycles. The first-order chi connectivity index (χ1) is 8.83. The molecule has 1 fully saturated rings. The largest absolute Gasteiger partial charge is 0.350 e.